The highest BCUT2D eigenvalue weighted by molar-refractivity contribution is 5.80. The Morgan fingerprint density at radius 3 is 2.03 bits per heavy atom. The average molecular weight is 500 g/mol. The molecule has 0 N–H and O–H groups in total. The summed E-state index contributed by atoms with van der Waals surface area (Å²) in [6.45, 7) is 0. The Hall–Kier alpha value is -4.41. The largest absolute Gasteiger partial charge is 0.434 e. The van der Waals surface area contributed by atoms with Gasteiger partial charge < -0.3 is 9.09 Å². The zero-order valence-corrected chi connectivity index (χ0v) is 18.3. The molecule has 0 saturated carbocycles. The van der Waals surface area contributed by atoms with Gasteiger partial charge in [0.05, 0.1) is 0 Å². The number of aromatic nitrogens is 4. The highest BCUT2D eigenvalue weighted by Crippen LogP contribution is 2.34. The molecule has 5 aromatic rings. The molecule has 5 nitrogen and oxygen atoms in total. The second-order valence-electron chi connectivity index (χ2n) is 7.91. The van der Waals surface area contributed by atoms with E-state index in [1.165, 1.54) is 17.7 Å². The fraction of sp³-hybridized carbons (Fsp3) is 0.0800. The lowest BCUT2D eigenvalue weighted by Gasteiger charge is -2.07. The average Bonchev–Trinajstić information content (AvgIpc) is 3.46. The second-order valence-corrected chi connectivity index (χ2v) is 7.91. The van der Waals surface area contributed by atoms with Crippen molar-refractivity contribution in [3.63, 3.8) is 0 Å². The lowest BCUT2D eigenvalue weighted by molar-refractivity contribution is -0.140. The van der Waals surface area contributed by atoms with E-state index in [2.05, 4.69) is 15.1 Å². The van der Waals surface area contributed by atoms with Crippen LogP contribution >= 0.6 is 0 Å². The number of rotatable bonds is 4. The molecule has 0 fully saturated rings. The van der Waals surface area contributed by atoms with E-state index in [0.29, 0.717) is 17.2 Å². The maximum Gasteiger partial charge on any atom is 0.434 e. The normalized spacial score (nSPS) is 11.8. The molecule has 0 amide bonds. The first-order chi connectivity index (χ1) is 17.1. The van der Waals surface area contributed by atoms with Crippen molar-refractivity contribution in [3.05, 3.63) is 90.0 Å². The van der Waals surface area contributed by atoms with E-state index in [1.54, 1.807) is 24.3 Å². The number of imidazole rings is 1. The Labute approximate surface area is 199 Å². The van der Waals surface area contributed by atoms with Crippen molar-refractivity contribution in [2.45, 2.75) is 6.18 Å². The zero-order valence-electron chi connectivity index (χ0n) is 18.3. The van der Waals surface area contributed by atoms with Gasteiger partial charge in [-0.1, -0.05) is 29.4 Å². The molecule has 0 bridgehead atoms. The van der Waals surface area contributed by atoms with Gasteiger partial charge >= 0.3 is 6.18 Å². The molecule has 0 spiro atoms. The summed E-state index contributed by atoms with van der Waals surface area (Å²) in [4.78, 5) is 7.97. The van der Waals surface area contributed by atoms with Crippen LogP contribution in [0.3, 0.4) is 0 Å². The van der Waals surface area contributed by atoms with Gasteiger partial charge in [-0.25, -0.2) is 18.2 Å². The first-order valence-corrected chi connectivity index (χ1v) is 10.4. The maximum absolute atomic E-state index is 14.0. The molecule has 182 valence electrons. The Kier molecular flexibility index (Phi) is 5.62. The van der Waals surface area contributed by atoms with Crippen molar-refractivity contribution in [2.75, 3.05) is 0 Å². The van der Waals surface area contributed by atoms with Crippen molar-refractivity contribution >= 4 is 0 Å². The summed E-state index contributed by atoms with van der Waals surface area (Å²) in [7, 11) is 1.46. The predicted molar refractivity (Wildman–Crippen MR) is 118 cm³/mol. The Balaban J connectivity index is 1.48. The number of halogens is 6. The minimum absolute atomic E-state index is 0.0207. The summed E-state index contributed by atoms with van der Waals surface area (Å²) in [5, 5.41) is 3.91. The molecule has 3 aromatic carbocycles. The van der Waals surface area contributed by atoms with E-state index >= 15 is 0 Å². The monoisotopic (exact) mass is 500 g/mol. The van der Waals surface area contributed by atoms with Gasteiger partial charge in [0.15, 0.2) is 5.69 Å². The van der Waals surface area contributed by atoms with Gasteiger partial charge in [-0.2, -0.15) is 18.2 Å². The van der Waals surface area contributed by atoms with Crippen LogP contribution < -0.4 is 0 Å². The third-order valence-corrected chi connectivity index (χ3v) is 5.38. The van der Waals surface area contributed by atoms with E-state index in [1.807, 2.05) is 0 Å². The van der Waals surface area contributed by atoms with Gasteiger partial charge in [0.25, 0.3) is 5.89 Å². The van der Waals surface area contributed by atoms with Crippen LogP contribution in [0.25, 0.3) is 45.4 Å². The van der Waals surface area contributed by atoms with Crippen LogP contribution in [-0.4, -0.2) is 19.7 Å². The lowest BCUT2D eigenvalue weighted by atomic mass is 9.99. The summed E-state index contributed by atoms with van der Waals surface area (Å²) in [6.07, 6.45) is -3.66. The molecular formula is C25H14F6N4O. The molecular weight excluding hydrogens is 486 g/mol. The van der Waals surface area contributed by atoms with Gasteiger partial charge in [0, 0.05) is 36.0 Å². The van der Waals surface area contributed by atoms with E-state index in [-0.39, 0.29) is 34.2 Å². The van der Waals surface area contributed by atoms with E-state index < -0.39 is 29.3 Å². The van der Waals surface area contributed by atoms with Gasteiger partial charge in [0.2, 0.25) is 5.82 Å². The smallest absolute Gasteiger partial charge is 0.334 e. The molecule has 0 aliphatic carbocycles. The standard InChI is InChI=1S/C25H14F6N4O/c1-35-12-21(25(29,30)31)32-23(35)14-4-2-13(3-5-14)22-33-24(36-34-22)19-7-6-16(26)11-20(19)15-8-17(27)10-18(28)9-15/h2-12H,1H3. The van der Waals surface area contributed by atoms with E-state index in [9.17, 15) is 26.3 Å². The number of hydrogen-bond acceptors (Lipinski definition) is 4. The molecule has 0 aliphatic heterocycles. The van der Waals surface area contributed by atoms with Gasteiger partial charge in [-0.15, -0.1) is 0 Å². The van der Waals surface area contributed by atoms with Crippen molar-refractivity contribution in [1.29, 1.82) is 0 Å². The molecule has 36 heavy (non-hydrogen) atoms. The maximum atomic E-state index is 14.0. The summed E-state index contributed by atoms with van der Waals surface area (Å²) < 4.78 is 87.0. The number of alkyl halides is 3. The summed E-state index contributed by atoms with van der Waals surface area (Å²) in [5.41, 5.74) is 0.409. The van der Waals surface area contributed by atoms with Crippen LogP contribution in [0.4, 0.5) is 26.3 Å². The van der Waals surface area contributed by atoms with Crippen LogP contribution in [0.2, 0.25) is 0 Å². The summed E-state index contributed by atoms with van der Waals surface area (Å²) in [6, 6.07) is 12.7. The topological polar surface area (TPSA) is 56.7 Å². The molecule has 2 heterocycles. The van der Waals surface area contributed by atoms with Crippen molar-refractivity contribution in [1.82, 2.24) is 19.7 Å². The minimum atomic E-state index is -4.56. The van der Waals surface area contributed by atoms with Crippen molar-refractivity contribution in [3.8, 4) is 45.4 Å². The summed E-state index contributed by atoms with van der Waals surface area (Å²) >= 11 is 0. The fourth-order valence-electron chi connectivity index (χ4n) is 3.74. The van der Waals surface area contributed by atoms with Crippen LogP contribution in [0.5, 0.6) is 0 Å². The van der Waals surface area contributed by atoms with E-state index in [4.69, 9.17) is 4.52 Å². The lowest BCUT2D eigenvalue weighted by Crippen LogP contribution is -2.04. The number of hydrogen-bond donors (Lipinski definition) is 0. The van der Waals surface area contributed by atoms with Crippen LogP contribution in [-0.2, 0) is 13.2 Å². The summed E-state index contributed by atoms with van der Waals surface area (Å²) in [5.74, 6) is -2.04. The fourth-order valence-corrected chi connectivity index (χ4v) is 3.74. The first kappa shape index (κ1) is 23.3. The molecule has 0 aliphatic rings. The van der Waals surface area contributed by atoms with Gasteiger partial charge in [-0.05, 0) is 41.5 Å². The van der Waals surface area contributed by atoms with Crippen LogP contribution in [0.1, 0.15) is 5.69 Å². The number of aryl methyl sites for hydroxylation is 1. The highest BCUT2D eigenvalue weighted by atomic mass is 19.4. The van der Waals surface area contributed by atoms with Gasteiger partial charge in [0.1, 0.15) is 23.3 Å². The molecule has 0 atom stereocenters. The Morgan fingerprint density at radius 1 is 0.722 bits per heavy atom. The predicted octanol–water partition coefficient (Wildman–Crippen LogP) is 6.91. The van der Waals surface area contributed by atoms with E-state index in [0.717, 1.165) is 30.5 Å². The minimum Gasteiger partial charge on any atom is -0.334 e. The number of benzene rings is 3. The molecule has 5 rings (SSSR count). The second kappa shape index (κ2) is 8.67. The van der Waals surface area contributed by atoms with Gasteiger partial charge in [-0.3, -0.25) is 0 Å². The highest BCUT2D eigenvalue weighted by Gasteiger charge is 2.34. The Morgan fingerprint density at radius 2 is 1.39 bits per heavy atom. The van der Waals surface area contributed by atoms with Crippen LogP contribution in [0.15, 0.2) is 71.4 Å². The molecule has 0 saturated heterocycles. The molecule has 11 heteroatoms. The quantitative estimate of drug-likeness (QED) is 0.252. The number of nitrogens with zero attached hydrogens (tertiary/aromatic N) is 4. The zero-order chi connectivity index (χ0) is 25.6. The Bertz CT molecular complexity index is 1550. The van der Waals surface area contributed by atoms with Crippen molar-refractivity contribution in [2.24, 2.45) is 7.05 Å². The first-order valence-electron chi connectivity index (χ1n) is 10.4. The molecule has 0 radical (unpaired) electrons. The molecule has 2 aromatic heterocycles. The van der Waals surface area contributed by atoms with Crippen LogP contribution in [0, 0.1) is 17.5 Å². The van der Waals surface area contributed by atoms with Crippen molar-refractivity contribution < 1.29 is 30.9 Å². The SMILES string of the molecule is Cn1cc(C(F)(F)F)nc1-c1ccc(-c2noc(-c3ccc(F)cc3-c3cc(F)cc(F)c3)n2)cc1. The molecule has 0 unspecified atom stereocenters. The third kappa shape index (κ3) is 4.47. The third-order valence-electron chi connectivity index (χ3n) is 5.38.